The van der Waals surface area contributed by atoms with Crippen LogP contribution in [0.25, 0.3) is 0 Å². The maximum atomic E-state index is 12.5. The number of rotatable bonds is 4. The standard InChI is InChI=1S/C24H22N4O3/c29-23-15-31-22-13-19(8-9-21(22)28(23)14-16-4-2-1-3-5-16)27-24(30)26-18-7-6-17-10-11-25-20(17)12-18/h1-9,12-13,25H,10-11,14-15H2,(H2,26,27,30). The number of nitrogens with one attached hydrogen (secondary N) is 3. The van der Waals surface area contributed by atoms with E-state index in [9.17, 15) is 9.59 Å². The van der Waals surface area contributed by atoms with Gasteiger partial charge >= 0.3 is 6.03 Å². The van der Waals surface area contributed by atoms with Crippen LogP contribution in [0.1, 0.15) is 11.1 Å². The number of amides is 3. The first-order valence-electron chi connectivity index (χ1n) is 10.2. The molecule has 2 aliphatic heterocycles. The summed E-state index contributed by atoms with van der Waals surface area (Å²) >= 11 is 0. The Balaban J connectivity index is 1.29. The Morgan fingerprint density at radius 2 is 1.77 bits per heavy atom. The van der Waals surface area contributed by atoms with Gasteiger partial charge in [-0.1, -0.05) is 36.4 Å². The highest BCUT2D eigenvalue weighted by molar-refractivity contribution is 6.02. The van der Waals surface area contributed by atoms with Crippen LogP contribution in [-0.2, 0) is 17.8 Å². The quantitative estimate of drug-likeness (QED) is 0.597. The molecule has 3 N–H and O–H groups in total. The Morgan fingerprint density at radius 1 is 1.00 bits per heavy atom. The van der Waals surface area contributed by atoms with Crippen LogP contribution in [0.2, 0.25) is 0 Å². The molecule has 0 fully saturated rings. The van der Waals surface area contributed by atoms with Crippen molar-refractivity contribution in [3.8, 4) is 5.75 Å². The molecule has 0 aliphatic carbocycles. The molecule has 3 aromatic rings. The molecule has 7 nitrogen and oxygen atoms in total. The van der Waals surface area contributed by atoms with Crippen molar-refractivity contribution < 1.29 is 14.3 Å². The Kier molecular flexibility index (Phi) is 4.92. The fourth-order valence-corrected chi connectivity index (χ4v) is 3.88. The molecule has 3 amide bonds. The summed E-state index contributed by atoms with van der Waals surface area (Å²) in [5, 5.41) is 8.99. The summed E-state index contributed by atoms with van der Waals surface area (Å²) in [6.07, 6.45) is 1.00. The molecule has 0 saturated carbocycles. The van der Waals surface area contributed by atoms with E-state index in [1.807, 2.05) is 48.5 Å². The van der Waals surface area contributed by atoms with Crippen molar-refractivity contribution in [2.24, 2.45) is 0 Å². The van der Waals surface area contributed by atoms with E-state index in [0.29, 0.717) is 23.7 Å². The van der Waals surface area contributed by atoms with Crippen LogP contribution in [0.5, 0.6) is 5.75 Å². The first-order chi connectivity index (χ1) is 15.2. The topological polar surface area (TPSA) is 82.7 Å². The number of hydrogen-bond acceptors (Lipinski definition) is 4. The lowest BCUT2D eigenvalue weighted by Crippen LogP contribution is -2.38. The first-order valence-corrected chi connectivity index (χ1v) is 10.2. The summed E-state index contributed by atoms with van der Waals surface area (Å²) in [5.74, 6) is 0.468. The summed E-state index contributed by atoms with van der Waals surface area (Å²) in [5.41, 5.74) is 5.35. The zero-order chi connectivity index (χ0) is 21.2. The molecule has 0 bridgehead atoms. The van der Waals surface area contributed by atoms with Crippen LogP contribution >= 0.6 is 0 Å². The summed E-state index contributed by atoms with van der Waals surface area (Å²) in [7, 11) is 0. The van der Waals surface area contributed by atoms with Crippen molar-refractivity contribution >= 4 is 34.7 Å². The van der Waals surface area contributed by atoms with Crippen LogP contribution in [0.15, 0.2) is 66.7 Å². The number of benzene rings is 3. The molecule has 0 aromatic heterocycles. The number of carbonyl (C=O) groups is 2. The highest BCUT2D eigenvalue weighted by atomic mass is 16.5. The van der Waals surface area contributed by atoms with Gasteiger partial charge < -0.3 is 25.6 Å². The molecule has 7 heteroatoms. The molecule has 0 radical (unpaired) electrons. The van der Waals surface area contributed by atoms with Gasteiger partial charge in [0.05, 0.1) is 12.2 Å². The van der Waals surface area contributed by atoms with Gasteiger partial charge in [0.25, 0.3) is 5.91 Å². The monoisotopic (exact) mass is 414 g/mol. The lowest BCUT2D eigenvalue weighted by atomic mass is 10.1. The Morgan fingerprint density at radius 3 is 2.61 bits per heavy atom. The van der Waals surface area contributed by atoms with E-state index >= 15 is 0 Å². The predicted octanol–water partition coefficient (Wildman–Crippen LogP) is 4.22. The zero-order valence-electron chi connectivity index (χ0n) is 16.9. The second kappa shape index (κ2) is 8.02. The number of nitrogens with zero attached hydrogens (tertiary/aromatic N) is 1. The number of carbonyl (C=O) groups excluding carboxylic acids is 2. The molecule has 0 unspecified atom stereocenters. The van der Waals surface area contributed by atoms with Gasteiger partial charge in [0.2, 0.25) is 0 Å². The third-order valence-electron chi connectivity index (χ3n) is 5.42. The second-order valence-corrected chi connectivity index (χ2v) is 7.56. The molecule has 0 saturated heterocycles. The average Bonchev–Trinajstić information content (AvgIpc) is 3.24. The first kappa shape index (κ1) is 19.0. The van der Waals surface area contributed by atoms with Gasteiger partial charge in [-0.3, -0.25) is 4.79 Å². The van der Waals surface area contributed by atoms with Crippen LogP contribution in [0.4, 0.5) is 27.5 Å². The van der Waals surface area contributed by atoms with E-state index in [0.717, 1.165) is 29.9 Å². The normalized spacial score (nSPS) is 14.2. The largest absolute Gasteiger partial charge is 0.481 e. The third kappa shape index (κ3) is 4.02. The minimum atomic E-state index is -0.342. The summed E-state index contributed by atoms with van der Waals surface area (Å²) in [6, 6.07) is 20.6. The Hall–Kier alpha value is -4.00. The molecule has 0 atom stereocenters. The Labute approximate surface area is 180 Å². The molecular formula is C24H22N4O3. The molecule has 156 valence electrons. The van der Waals surface area contributed by atoms with Gasteiger partial charge in [-0.15, -0.1) is 0 Å². The SMILES string of the molecule is O=C(Nc1ccc2c(c1)NCC2)Nc1ccc2c(c1)OCC(=O)N2Cc1ccccc1. The lowest BCUT2D eigenvalue weighted by Gasteiger charge is -2.29. The van der Waals surface area contributed by atoms with Crippen molar-refractivity contribution in [1.82, 2.24) is 0 Å². The van der Waals surface area contributed by atoms with E-state index in [2.05, 4.69) is 16.0 Å². The van der Waals surface area contributed by atoms with Crippen LogP contribution in [0, 0.1) is 0 Å². The van der Waals surface area contributed by atoms with Crippen molar-refractivity contribution in [3.63, 3.8) is 0 Å². The van der Waals surface area contributed by atoms with E-state index in [4.69, 9.17) is 4.74 Å². The van der Waals surface area contributed by atoms with Crippen LogP contribution < -0.4 is 25.6 Å². The van der Waals surface area contributed by atoms with Crippen molar-refractivity contribution in [2.75, 3.05) is 34.0 Å². The highest BCUT2D eigenvalue weighted by Gasteiger charge is 2.26. The minimum Gasteiger partial charge on any atom is -0.481 e. The Bertz CT molecular complexity index is 1150. The van der Waals surface area contributed by atoms with Gasteiger partial charge in [0.15, 0.2) is 6.61 Å². The summed E-state index contributed by atoms with van der Waals surface area (Å²) in [4.78, 5) is 26.6. The van der Waals surface area contributed by atoms with Crippen molar-refractivity contribution in [1.29, 1.82) is 0 Å². The lowest BCUT2D eigenvalue weighted by molar-refractivity contribution is -0.121. The van der Waals surface area contributed by atoms with Crippen molar-refractivity contribution in [3.05, 3.63) is 77.9 Å². The average molecular weight is 414 g/mol. The summed E-state index contributed by atoms with van der Waals surface area (Å²) < 4.78 is 5.62. The van der Waals surface area contributed by atoms with Gasteiger partial charge in [-0.2, -0.15) is 0 Å². The van der Waals surface area contributed by atoms with Gasteiger partial charge in [-0.25, -0.2) is 4.79 Å². The maximum Gasteiger partial charge on any atom is 0.323 e. The van der Waals surface area contributed by atoms with Gasteiger partial charge in [0, 0.05) is 29.7 Å². The highest BCUT2D eigenvalue weighted by Crippen LogP contribution is 2.35. The molecule has 31 heavy (non-hydrogen) atoms. The smallest absolute Gasteiger partial charge is 0.323 e. The molecule has 3 aromatic carbocycles. The number of anilines is 4. The molecular weight excluding hydrogens is 392 g/mol. The van der Waals surface area contributed by atoms with Crippen molar-refractivity contribution in [2.45, 2.75) is 13.0 Å². The number of urea groups is 1. The minimum absolute atomic E-state index is 0.0301. The van der Waals surface area contributed by atoms with E-state index < -0.39 is 0 Å². The van der Waals surface area contributed by atoms with Crippen LogP contribution in [0.3, 0.4) is 0 Å². The third-order valence-corrected chi connectivity index (χ3v) is 5.42. The zero-order valence-corrected chi connectivity index (χ0v) is 16.9. The molecule has 2 aliphatic rings. The van der Waals surface area contributed by atoms with Crippen LogP contribution in [-0.4, -0.2) is 25.1 Å². The van der Waals surface area contributed by atoms with Gasteiger partial charge in [0.1, 0.15) is 5.75 Å². The second-order valence-electron chi connectivity index (χ2n) is 7.56. The fourth-order valence-electron chi connectivity index (χ4n) is 3.88. The maximum absolute atomic E-state index is 12.5. The fraction of sp³-hybridized carbons (Fsp3) is 0.167. The van der Waals surface area contributed by atoms with E-state index in [1.54, 1.807) is 23.1 Å². The molecule has 0 spiro atoms. The molecule has 5 rings (SSSR count). The number of fused-ring (bicyclic) bond motifs is 2. The predicted molar refractivity (Wildman–Crippen MR) is 121 cm³/mol. The number of ether oxygens (including phenoxy) is 1. The summed E-state index contributed by atoms with van der Waals surface area (Å²) in [6.45, 7) is 1.36. The van der Waals surface area contributed by atoms with E-state index in [-0.39, 0.29) is 18.5 Å². The molecule has 2 heterocycles. The van der Waals surface area contributed by atoms with Gasteiger partial charge in [-0.05, 0) is 41.8 Å². The number of hydrogen-bond donors (Lipinski definition) is 3. The van der Waals surface area contributed by atoms with E-state index in [1.165, 1.54) is 5.56 Å².